The third-order valence-corrected chi connectivity index (χ3v) is 3.57. The number of nitrogens with one attached hydrogen (secondary N) is 1. The summed E-state index contributed by atoms with van der Waals surface area (Å²) in [4.78, 5) is 17.1. The van der Waals surface area contributed by atoms with Gasteiger partial charge in [-0.05, 0) is 18.2 Å². The number of nitriles is 1. The van der Waals surface area contributed by atoms with Gasteiger partial charge >= 0.3 is 0 Å². The molecule has 0 fully saturated rings. The molecule has 0 atom stereocenters. The molecule has 0 saturated carbocycles. The van der Waals surface area contributed by atoms with E-state index in [-0.39, 0.29) is 5.91 Å². The SMILES string of the molecule is COc1ccc(NC(=O)c2ccccc2SCC#N)cn1. The minimum Gasteiger partial charge on any atom is -0.481 e. The van der Waals surface area contributed by atoms with E-state index in [1.54, 1.807) is 24.3 Å². The number of carbonyl (C=O) groups excluding carboxylic acids is 1. The van der Waals surface area contributed by atoms with Gasteiger partial charge in [-0.15, -0.1) is 11.8 Å². The highest BCUT2D eigenvalue weighted by Gasteiger charge is 2.11. The van der Waals surface area contributed by atoms with Gasteiger partial charge in [0, 0.05) is 11.0 Å². The average molecular weight is 299 g/mol. The fraction of sp³-hybridized carbons (Fsp3) is 0.133. The third-order valence-electron chi connectivity index (χ3n) is 2.63. The van der Waals surface area contributed by atoms with Crippen LogP contribution < -0.4 is 10.1 Å². The van der Waals surface area contributed by atoms with Crippen LogP contribution in [0, 0.1) is 11.3 Å². The van der Waals surface area contributed by atoms with Crippen LogP contribution in [0.1, 0.15) is 10.4 Å². The molecule has 0 unspecified atom stereocenters. The first-order valence-electron chi connectivity index (χ1n) is 6.14. The second kappa shape index (κ2) is 7.31. The molecule has 1 amide bonds. The number of ether oxygens (including phenoxy) is 1. The summed E-state index contributed by atoms with van der Waals surface area (Å²) in [5, 5.41) is 11.4. The molecule has 0 saturated heterocycles. The van der Waals surface area contributed by atoms with Crippen LogP contribution in [0.5, 0.6) is 5.88 Å². The van der Waals surface area contributed by atoms with Crippen molar-refractivity contribution in [2.75, 3.05) is 18.2 Å². The van der Waals surface area contributed by atoms with E-state index in [2.05, 4.69) is 16.4 Å². The van der Waals surface area contributed by atoms with Crippen molar-refractivity contribution in [1.82, 2.24) is 4.98 Å². The number of methoxy groups -OCH3 is 1. The molecule has 1 aromatic carbocycles. The minimum atomic E-state index is -0.233. The van der Waals surface area contributed by atoms with E-state index in [9.17, 15) is 4.79 Å². The number of carbonyl (C=O) groups is 1. The van der Waals surface area contributed by atoms with Crippen LogP contribution in [0.2, 0.25) is 0 Å². The van der Waals surface area contributed by atoms with Crippen LogP contribution in [0.15, 0.2) is 47.5 Å². The minimum absolute atomic E-state index is 0.233. The molecule has 2 aromatic rings. The van der Waals surface area contributed by atoms with Crippen LogP contribution in [-0.4, -0.2) is 23.8 Å². The maximum atomic E-state index is 12.3. The first-order valence-corrected chi connectivity index (χ1v) is 7.13. The molecule has 2 rings (SSSR count). The second-order valence-electron chi connectivity index (χ2n) is 3.99. The molecule has 5 nitrogen and oxygen atoms in total. The molecular formula is C15H13N3O2S. The average Bonchev–Trinajstić information content (AvgIpc) is 2.54. The lowest BCUT2D eigenvalue weighted by Crippen LogP contribution is -2.13. The summed E-state index contributed by atoms with van der Waals surface area (Å²) in [6.45, 7) is 0. The number of hydrogen-bond acceptors (Lipinski definition) is 5. The zero-order valence-electron chi connectivity index (χ0n) is 11.4. The van der Waals surface area contributed by atoms with Gasteiger partial charge in [-0.2, -0.15) is 5.26 Å². The summed E-state index contributed by atoms with van der Waals surface area (Å²) in [6, 6.07) is 12.6. The highest BCUT2D eigenvalue weighted by atomic mass is 32.2. The van der Waals surface area contributed by atoms with Crippen molar-refractivity contribution in [3.8, 4) is 11.9 Å². The quantitative estimate of drug-likeness (QED) is 0.859. The summed E-state index contributed by atoms with van der Waals surface area (Å²) in [5.41, 5.74) is 1.12. The predicted octanol–water partition coefficient (Wildman–Crippen LogP) is 2.96. The van der Waals surface area contributed by atoms with E-state index < -0.39 is 0 Å². The molecule has 1 N–H and O–H groups in total. The monoisotopic (exact) mass is 299 g/mol. The summed E-state index contributed by atoms with van der Waals surface area (Å²) < 4.78 is 4.96. The number of rotatable bonds is 5. The molecule has 0 aliphatic carbocycles. The predicted molar refractivity (Wildman–Crippen MR) is 81.5 cm³/mol. The van der Waals surface area contributed by atoms with E-state index in [0.717, 1.165) is 4.90 Å². The number of thioether (sulfide) groups is 1. The molecule has 0 spiro atoms. The summed E-state index contributed by atoms with van der Waals surface area (Å²) in [7, 11) is 1.53. The number of aromatic nitrogens is 1. The first-order chi connectivity index (χ1) is 10.2. The van der Waals surface area contributed by atoms with Crippen LogP contribution >= 0.6 is 11.8 Å². The Balaban J connectivity index is 2.14. The van der Waals surface area contributed by atoms with Crippen LogP contribution in [0.25, 0.3) is 0 Å². The smallest absolute Gasteiger partial charge is 0.256 e. The number of amides is 1. The van der Waals surface area contributed by atoms with Gasteiger partial charge < -0.3 is 10.1 Å². The van der Waals surface area contributed by atoms with Gasteiger partial charge in [0.15, 0.2) is 0 Å². The zero-order valence-corrected chi connectivity index (χ0v) is 12.2. The lowest BCUT2D eigenvalue weighted by molar-refractivity contribution is 0.102. The number of anilines is 1. The lowest BCUT2D eigenvalue weighted by atomic mass is 10.2. The number of benzene rings is 1. The van der Waals surface area contributed by atoms with Crippen LogP contribution in [0.3, 0.4) is 0 Å². The van der Waals surface area contributed by atoms with Crippen molar-refractivity contribution in [2.45, 2.75) is 4.90 Å². The van der Waals surface area contributed by atoms with Gasteiger partial charge in [0.05, 0.1) is 36.4 Å². The van der Waals surface area contributed by atoms with Gasteiger partial charge in [-0.1, -0.05) is 12.1 Å². The third kappa shape index (κ3) is 3.97. The molecule has 21 heavy (non-hydrogen) atoms. The fourth-order valence-electron chi connectivity index (χ4n) is 1.66. The maximum Gasteiger partial charge on any atom is 0.256 e. The summed E-state index contributed by atoms with van der Waals surface area (Å²) >= 11 is 1.33. The Morgan fingerprint density at radius 3 is 2.86 bits per heavy atom. The Kier molecular flexibility index (Phi) is 5.18. The van der Waals surface area contributed by atoms with Crippen molar-refractivity contribution < 1.29 is 9.53 Å². The number of pyridine rings is 1. The molecule has 0 bridgehead atoms. The normalized spacial score (nSPS) is 9.71. The van der Waals surface area contributed by atoms with Gasteiger partial charge in [0.1, 0.15) is 0 Å². The molecule has 1 aromatic heterocycles. The van der Waals surface area contributed by atoms with E-state index >= 15 is 0 Å². The fourth-order valence-corrected chi connectivity index (χ4v) is 2.37. The Morgan fingerprint density at radius 1 is 1.38 bits per heavy atom. The Morgan fingerprint density at radius 2 is 2.19 bits per heavy atom. The Labute approximate surface area is 127 Å². The van der Waals surface area contributed by atoms with E-state index in [1.807, 2.05) is 12.1 Å². The molecule has 1 heterocycles. The topological polar surface area (TPSA) is 75.0 Å². The molecular weight excluding hydrogens is 286 g/mol. The highest BCUT2D eigenvalue weighted by molar-refractivity contribution is 7.99. The first kappa shape index (κ1) is 14.9. The van der Waals surface area contributed by atoms with Crippen molar-refractivity contribution in [2.24, 2.45) is 0 Å². The van der Waals surface area contributed by atoms with Crippen molar-refractivity contribution >= 4 is 23.4 Å². The Hall–Kier alpha value is -2.52. The lowest BCUT2D eigenvalue weighted by Gasteiger charge is -2.09. The van der Waals surface area contributed by atoms with Crippen molar-refractivity contribution in [1.29, 1.82) is 5.26 Å². The van der Waals surface area contributed by atoms with Gasteiger partial charge in [0.2, 0.25) is 5.88 Å². The second-order valence-corrected chi connectivity index (χ2v) is 5.00. The summed E-state index contributed by atoms with van der Waals surface area (Å²) in [6.07, 6.45) is 1.53. The maximum absolute atomic E-state index is 12.3. The molecule has 0 aliphatic heterocycles. The molecule has 106 valence electrons. The van der Waals surface area contributed by atoms with Gasteiger partial charge in [-0.3, -0.25) is 4.79 Å². The van der Waals surface area contributed by atoms with Crippen molar-refractivity contribution in [3.05, 3.63) is 48.2 Å². The molecule has 6 heteroatoms. The van der Waals surface area contributed by atoms with E-state index in [4.69, 9.17) is 10.00 Å². The number of nitrogens with zero attached hydrogens (tertiary/aromatic N) is 2. The Bertz CT molecular complexity index is 665. The molecule has 0 aliphatic rings. The van der Waals surface area contributed by atoms with Crippen LogP contribution in [0.4, 0.5) is 5.69 Å². The standard InChI is InChI=1S/C15H13N3O2S/c1-20-14-7-6-11(10-17-14)18-15(19)12-4-2-3-5-13(12)21-9-8-16/h2-7,10H,9H2,1H3,(H,18,19). The van der Waals surface area contributed by atoms with Crippen molar-refractivity contribution in [3.63, 3.8) is 0 Å². The number of hydrogen-bond donors (Lipinski definition) is 1. The molecule has 0 radical (unpaired) electrons. The van der Waals surface area contributed by atoms with Gasteiger partial charge in [0.25, 0.3) is 5.91 Å². The zero-order chi connectivity index (χ0) is 15.1. The van der Waals surface area contributed by atoms with Crippen LogP contribution in [-0.2, 0) is 0 Å². The highest BCUT2D eigenvalue weighted by Crippen LogP contribution is 2.23. The largest absolute Gasteiger partial charge is 0.481 e. The summed E-state index contributed by atoms with van der Waals surface area (Å²) in [5.74, 6) is 0.551. The van der Waals surface area contributed by atoms with E-state index in [1.165, 1.54) is 25.1 Å². The van der Waals surface area contributed by atoms with Gasteiger partial charge in [-0.25, -0.2) is 4.98 Å². The van der Waals surface area contributed by atoms with E-state index in [0.29, 0.717) is 22.9 Å².